The molecule has 38 heavy (non-hydrogen) atoms. The number of carbonyl (C=O) groups is 1. The highest BCUT2D eigenvalue weighted by Gasteiger charge is 2.16. The highest BCUT2D eigenvalue weighted by Crippen LogP contribution is 2.34. The first-order chi connectivity index (χ1) is 18.7. The summed E-state index contributed by atoms with van der Waals surface area (Å²) in [5.41, 5.74) is 4.77. The third kappa shape index (κ3) is 6.07. The van der Waals surface area contributed by atoms with E-state index < -0.39 is 0 Å². The molecule has 186 valence electrons. The Morgan fingerprint density at radius 2 is 1.47 bits per heavy atom. The molecule has 0 radical (unpaired) electrons. The van der Waals surface area contributed by atoms with E-state index in [1.807, 2.05) is 78.9 Å². The minimum absolute atomic E-state index is 0.294. The molecule has 0 aliphatic heterocycles. The predicted molar refractivity (Wildman–Crippen MR) is 145 cm³/mol. The molecule has 0 bridgehead atoms. The second-order valence-corrected chi connectivity index (χ2v) is 8.52. The average molecular weight is 501 g/mol. The van der Waals surface area contributed by atoms with Crippen molar-refractivity contribution >= 4 is 11.6 Å². The SMILES string of the molecule is N#Cc1ccc(NC(=O)c2cc(-c3ccc(OCc4ccccc4)cc3OCc3ccccc3)n[nH]2)cc1. The lowest BCUT2D eigenvalue weighted by Gasteiger charge is -2.13. The van der Waals surface area contributed by atoms with Crippen LogP contribution in [0.4, 0.5) is 5.69 Å². The van der Waals surface area contributed by atoms with E-state index >= 15 is 0 Å². The molecule has 0 saturated carbocycles. The Morgan fingerprint density at radius 1 is 0.816 bits per heavy atom. The van der Waals surface area contributed by atoms with Gasteiger partial charge in [0.25, 0.3) is 5.91 Å². The standard InChI is InChI=1S/C31H24N4O3/c32-19-22-11-13-25(14-12-22)33-31(36)29-18-28(34-35-29)27-16-15-26(37-20-23-7-3-1-4-8-23)17-30(27)38-21-24-9-5-2-6-10-24/h1-18H,20-21H2,(H,33,36)(H,34,35). The van der Waals surface area contributed by atoms with Gasteiger partial charge in [-0.25, -0.2) is 0 Å². The Hall–Kier alpha value is -5.35. The average Bonchev–Trinajstić information content (AvgIpc) is 3.47. The highest BCUT2D eigenvalue weighted by atomic mass is 16.5. The molecular weight excluding hydrogens is 476 g/mol. The fraction of sp³-hybridized carbons (Fsp3) is 0.0645. The number of benzene rings is 4. The first-order valence-electron chi connectivity index (χ1n) is 12.0. The minimum atomic E-state index is -0.344. The fourth-order valence-corrected chi connectivity index (χ4v) is 3.80. The number of rotatable bonds is 9. The monoisotopic (exact) mass is 500 g/mol. The maximum Gasteiger partial charge on any atom is 0.273 e. The van der Waals surface area contributed by atoms with Crippen molar-refractivity contribution in [3.63, 3.8) is 0 Å². The molecular formula is C31H24N4O3. The zero-order valence-electron chi connectivity index (χ0n) is 20.4. The Kier molecular flexibility index (Phi) is 7.43. The quantitative estimate of drug-likeness (QED) is 0.245. The van der Waals surface area contributed by atoms with Crippen LogP contribution in [-0.4, -0.2) is 16.1 Å². The summed E-state index contributed by atoms with van der Waals surface area (Å²) in [6.45, 7) is 0.798. The fourth-order valence-electron chi connectivity index (χ4n) is 3.80. The van der Waals surface area contributed by atoms with Crippen LogP contribution < -0.4 is 14.8 Å². The van der Waals surface area contributed by atoms with E-state index in [4.69, 9.17) is 14.7 Å². The number of nitrogens with one attached hydrogen (secondary N) is 2. The van der Waals surface area contributed by atoms with Crippen LogP contribution in [0, 0.1) is 11.3 Å². The van der Waals surface area contributed by atoms with E-state index in [-0.39, 0.29) is 5.91 Å². The van der Waals surface area contributed by atoms with E-state index in [1.54, 1.807) is 30.3 Å². The number of nitrogens with zero attached hydrogens (tertiary/aromatic N) is 2. The van der Waals surface area contributed by atoms with Crippen molar-refractivity contribution in [2.45, 2.75) is 13.2 Å². The molecule has 2 N–H and O–H groups in total. The number of H-pyrrole nitrogens is 1. The third-order valence-corrected chi connectivity index (χ3v) is 5.81. The van der Waals surface area contributed by atoms with Gasteiger partial charge >= 0.3 is 0 Å². The van der Waals surface area contributed by atoms with Crippen molar-refractivity contribution in [3.05, 3.63) is 132 Å². The molecule has 0 aliphatic rings. The Balaban J connectivity index is 1.36. The number of nitriles is 1. The van der Waals surface area contributed by atoms with Crippen molar-refractivity contribution in [2.24, 2.45) is 0 Å². The Bertz CT molecular complexity index is 1560. The summed E-state index contributed by atoms with van der Waals surface area (Å²) >= 11 is 0. The van der Waals surface area contributed by atoms with Crippen molar-refractivity contribution in [3.8, 4) is 28.8 Å². The number of carbonyl (C=O) groups excluding carboxylic acids is 1. The van der Waals surface area contributed by atoms with Crippen LogP contribution in [0.25, 0.3) is 11.3 Å². The maximum absolute atomic E-state index is 12.8. The Labute approximate surface area is 220 Å². The summed E-state index contributed by atoms with van der Waals surface area (Å²) in [7, 11) is 0. The summed E-state index contributed by atoms with van der Waals surface area (Å²) < 4.78 is 12.2. The number of aromatic amines is 1. The van der Waals surface area contributed by atoms with Crippen LogP contribution >= 0.6 is 0 Å². The number of hydrogen-bond acceptors (Lipinski definition) is 5. The molecule has 1 amide bonds. The van der Waals surface area contributed by atoms with Crippen LogP contribution in [0.2, 0.25) is 0 Å². The van der Waals surface area contributed by atoms with Gasteiger partial charge in [0, 0.05) is 17.3 Å². The van der Waals surface area contributed by atoms with E-state index in [0.717, 1.165) is 16.7 Å². The smallest absolute Gasteiger partial charge is 0.273 e. The van der Waals surface area contributed by atoms with E-state index in [0.29, 0.717) is 47.4 Å². The zero-order valence-corrected chi connectivity index (χ0v) is 20.4. The van der Waals surface area contributed by atoms with Crippen molar-refractivity contribution < 1.29 is 14.3 Å². The zero-order chi connectivity index (χ0) is 26.2. The van der Waals surface area contributed by atoms with Crippen LogP contribution in [0.3, 0.4) is 0 Å². The first-order valence-corrected chi connectivity index (χ1v) is 12.0. The summed E-state index contributed by atoms with van der Waals surface area (Å²) in [4.78, 5) is 12.8. The molecule has 7 nitrogen and oxygen atoms in total. The topological polar surface area (TPSA) is 100 Å². The van der Waals surface area contributed by atoms with Crippen LogP contribution in [-0.2, 0) is 13.2 Å². The lowest BCUT2D eigenvalue weighted by molar-refractivity contribution is 0.102. The van der Waals surface area contributed by atoms with Gasteiger partial charge in [-0.2, -0.15) is 10.4 Å². The number of anilines is 1. The minimum Gasteiger partial charge on any atom is -0.489 e. The number of aromatic nitrogens is 2. The van der Waals surface area contributed by atoms with Gasteiger partial charge in [-0.3, -0.25) is 9.89 Å². The second kappa shape index (κ2) is 11.6. The van der Waals surface area contributed by atoms with Gasteiger partial charge in [0.15, 0.2) is 0 Å². The van der Waals surface area contributed by atoms with Gasteiger partial charge < -0.3 is 14.8 Å². The molecule has 5 aromatic rings. The number of hydrogen-bond donors (Lipinski definition) is 2. The molecule has 0 unspecified atom stereocenters. The van der Waals surface area contributed by atoms with Gasteiger partial charge in [0.2, 0.25) is 0 Å². The van der Waals surface area contributed by atoms with Gasteiger partial charge in [0.1, 0.15) is 30.4 Å². The molecule has 0 spiro atoms. The summed E-state index contributed by atoms with van der Waals surface area (Å²) in [5, 5.41) is 18.9. The summed E-state index contributed by atoms with van der Waals surface area (Å²) in [6.07, 6.45) is 0. The van der Waals surface area contributed by atoms with E-state index in [1.165, 1.54) is 0 Å². The lowest BCUT2D eigenvalue weighted by Crippen LogP contribution is -2.12. The molecule has 5 rings (SSSR count). The molecule has 1 aromatic heterocycles. The molecule has 0 atom stereocenters. The summed E-state index contributed by atoms with van der Waals surface area (Å²) in [6, 6.07) is 35.8. The largest absolute Gasteiger partial charge is 0.489 e. The van der Waals surface area contributed by atoms with Crippen molar-refractivity contribution in [1.82, 2.24) is 10.2 Å². The van der Waals surface area contributed by atoms with Crippen molar-refractivity contribution in [2.75, 3.05) is 5.32 Å². The van der Waals surface area contributed by atoms with Crippen LogP contribution in [0.15, 0.2) is 109 Å². The van der Waals surface area contributed by atoms with Gasteiger partial charge in [-0.15, -0.1) is 0 Å². The molecule has 0 aliphatic carbocycles. The molecule has 0 saturated heterocycles. The third-order valence-electron chi connectivity index (χ3n) is 5.81. The van der Waals surface area contributed by atoms with Gasteiger partial charge in [-0.05, 0) is 53.6 Å². The van der Waals surface area contributed by atoms with E-state index in [2.05, 4.69) is 21.6 Å². The summed E-state index contributed by atoms with van der Waals surface area (Å²) in [5.74, 6) is 0.906. The maximum atomic E-state index is 12.8. The molecule has 4 aromatic carbocycles. The first kappa shape index (κ1) is 24.3. The molecule has 0 fully saturated rings. The predicted octanol–water partition coefficient (Wildman–Crippen LogP) is 6.36. The normalized spacial score (nSPS) is 10.4. The number of ether oxygens (including phenoxy) is 2. The number of amides is 1. The Morgan fingerprint density at radius 3 is 2.13 bits per heavy atom. The highest BCUT2D eigenvalue weighted by molar-refractivity contribution is 6.03. The molecule has 1 heterocycles. The van der Waals surface area contributed by atoms with Crippen LogP contribution in [0.1, 0.15) is 27.2 Å². The van der Waals surface area contributed by atoms with Crippen molar-refractivity contribution in [1.29, 1.82) is 5.26 Å². The van der Waals surface area contributed by atoms with Gasteiger partial charge in [-0.1, -0.05) is 60.7 Å². The lowest BCUT2D eigenvalue weighted by atomic mass is 10.1. The van der Waals surface area contributed by atoms with Crippen LogP contribution in [0.5, 0.6) is 11.5 Å². The second-order valence-electron chi connectivity index (χ2n) is 8.52. The van der Waals surface area contributed by atoms with E-state index in [9.17, 15) is 4.79 Å². The molecule has 7 heteroatoms. The van der Waals surface area contributed by atoms with Gasteiger partial charge in [0.05, 0.1) is 17.3 Å².